The van der Waals surface area contributed by atoms with Crippen LogP contribution in [0.1, 0.15) is 23.2 Å². The summed E-state index contributed by atoms with van der Waals surface area (Å²) in [5.41, 5.74) is 1.44. The zero-order valence-electron chi connectivity index (χ0n) is 10.1. The quantitative estimate of drug-likeness (QED) is 0.797. The second-order valence-corrected chi connectivity index (χ2v) is 4.87. The molecule has 0 bridgehead atoms. The Hall–Kier alpha value is -1.88. The van der Waals surface area contributed by atoms with Crippen molar-refractivity contribution >= 4 is 16.9 Å². The summed E-state index contributed by atoms with van der Waals surface area (Å²) >= 11 is 0. The van der Waals surface area contributed by atoms with E-state index in [9.17, 15) is 9.59 Å². The van der Waals surface area contributed by atoms with Gasteiger partial charge in [-0.3, -0.25) is 9.78 Å². The molecule has 1 heterocycles. The van der Waals surface area contributed by atoms with E-state index < -0.39 is 5.76 Å². The summed E-state index contributed by atoms with van der Waals surface area (Å²) in [6, 6.07) is 5.07. The first-order valence-corrected chi connectivity index (χ1v) is 5.97. The summed E-state index contributed by atoms with van der Waals surface area (Å²) < 4.78 is 4.92. The number of carbonyl (C=O) groups is 1. The standard InChI is InChI=1S/C13H14N2O3/c1-14-7-13(4-5-13)11(16)8-2-3-10-9(6-8)15-12(17)18-10/h2-3,6,14H,4-5,7H2,1H3,(H,15,17). The van der Waals surface area contributed by atoms with Crippen LogP contribution in [0.2, 0.25) is 0 Å². The molecule has 0 atom stereocenters. The van der Waals surface area contributed by atoms with Gasteiger partial charge in [-0.15, -0.1) is 0 Å². The van der Waals surface area contributed by atoms with Crippen LogP contribution in [-0.2, 0) is 0 Å². The fourth-order valence-corrected chi connectivity index (χ4v) is 2.37. The normalized spacial score (nSPS) is 16.9. The number of Topliss-reactive ketones (excluding diaryl/α,β-unsaturated/α-hetero) is 1. The molecule has 1 saturated carbocycles. The van der Waals surface area contributed by atoms with Crippen molar-refractivity contribution in [2.45, 2.75) is 12.8 Å². The van der Waals surface area contributed by atoms with Crippen molar-refractivity contribution in [3.05, 3.63) is 34.3 Å². The summed E-state index contributed by atoms with van der Waals surface area (Å²) in [5.74, 6) is -0.355. The summed E-state index contributed by atoms with van der Waals surface area (Å²) in [5, 5.41) is 3.07. The Balaban J connectivity index is 1.99. The van der Waals surface area contributed by atoms with Crippen molar-refractivity contribution in [2.75, 3.05) is 13.6 Å². The second-order valence-electron chi connectivity index (χ2n) is 4.87. The lowest BCUT2D eigenvalue weighted by Crippen LogP contribution is -2.27. The van der Waals surface area contributed by atoms with Gasteiger partial charge in [-0.1, -0.05) is 0 Å². The Morgan fingerprint density at radius 3 is 2.94 bits per heavy atom. The molecule has 0 spiro atoms. The highest BCUT2D eigenvalue weighted by Gasteiger charge is 2.49. The molecule has 0 unspecified atom stereocenters. The molecule has 1 fully saturated rings. The summed E-state index contributed by atoms with van der Waals surface area (Å²) in [6.07, 6.45) is 1.85. The predicted octanol–water partition coefficient (Wildman–Crippen LogP) is 1.30. The number of oxazole rings is 1. The van der Waals surface area contributed by atoms with Gasteiger partial charge in [0.05, 0.1) is 5.52 Å². The molecule has 1 aromatic carbocycles. The number of carbonyl (C=O) groups excluding carboxylic acids is 1. The molecule has 94 valence electrons. The Morgan fingerprint density at radius 1 is 1.50 bits per heavy atom. The molecule has 5 nitrogen and oxygen atoms in total. The number of benzene rings is 1. The van der Waals surface area contributed by atoms with Gasteiger partial charge in [-0.2, -0.15) is 0 Å². The summed E-state index contributed by atoms with van der Waals surface area (Å²) in [6.45, 7) is 0.700. The molecule has 2 N–H and O–H groups in total. The van der Waals surface area contributed by atoms with E-state index in [-0.39, 0.29) is 11.2 Å². The largest absolute Gasteiger partial charge is 0.417 e. The van der Waals surface area contributed by atoms with Crippen molar-refractivity contribution in [1.29, 1.82) is 0 Å². The molecule has 1 aromatic heterocycles. The van der Waals surface area contributed by atoms with E-state index in [1.54, 1.807) is 18.2 Å². The van der Waals surface area contributed by atoms with Crippen molar-refractivity contribution in [3.8, 4) is 0 Å². The van der Waals surface area contributed by atoms with E-state index in [0.717, 1.165) is 12.8 Å². The molecule has 1 aliphatic rings. The molecule has 1 aliphatic carbocycles. The van der Waals surface area contributed by atoms with Crippen molar-refractivity contribution in [2.24, 2.45) is 5.41 Å². The van der Waals surface area contributed by atoms with Gasteiger partial charge < -0.3 is 9.73 Å². The van der Waals surface area contributed by atoms with Gasteiger partial charge in [0.25, 0.3) is 0 Å². The maximum absolute atomic E-state index is 12.4. The number of fused-ring (bicyclic) bond motifs is 1. The molecule has 2 aromatic rings. The number of H-pyrrole nitrogens is 1. The molecule has 3 rings (SSSR count). The molecular weight excluding hydrogens is 232 g/mol. The van der Waals surface area contributed by atoms with Crippen LogP contribution < -0.4 is 11.1 Å². The maximum Gasteiger partial charge on any atom is 0.417 e. The molecule has 0 radical (unpaired) electrons. The fraction of sp³-hybridized carbons (Fsp3) is 0.385. The van der Waals surface area contributed by atoms with E-state index in [1.165, 1.54) is 0 Å². The lowest BCUT2D eigenvalue weighted by atomic mass is 9.94. The number of aromatic nitrogens is 1. The monoisotopic (exact) mass is 246 g/mol. The Morgan fingerprint density at radius 2 is 2.28 bits per heavy atom. The van der Waals surface area contributed by atoms with Gasteiger partial charge in [0.2, 0.25) is 0 Å². The van der Waals surface area contributed by atoms with E-state index in [0.29, 0.717) is 23.2 Å². The van der Waals surface area contributed by atoms with Gasteiger partial charge in [-0.05, 0) is 38.1 Å². The second kappa shape index (κ2) is 3.81. The third-order valence-electron chi connectivity index (χ3n) is 3.53. The Kier molecular flexibility index (Phi) is 2.38. The number of ketones is 1. The maximum atomic E-state index is 12.4. The average Bonchev–Trinajstić information content (AvgIpc) is 3.02. The fourth-order valence-electron chi connectivity index (χ4n) is 2.37. The summed E-state index contributed by atoms with van der Waals surface area (Å²) in [7, 11) is 1.85. The van der Waals surface area contributed by atoms with Gasteiger partial charge >= 0.3 is 5.76 Å². The topological polar surface area (TPSA) is 75.1 Å². The molecule has 0 aliphatic heterocycles. The first-order chi connectivity index (χ1) is 8.64. The van der Waals surface area contributed by atoms with Crippen LogP contribution in [0.15, 0.2) is 27.4 Å². The highest BCUT2D eigenvalue weighted by molar-refractivity contribution is 6.04. The lowest BCUT2D eigenvalue weighted by molar-refractivity contribution is 0.0900. The van der Waals surface area contributed by atoms with Crippen molar-refractivity contribution in [1.82, 2.24) is 10.3 Å². The van der Waals surface area contributed by atoms with Crippen LogP contribution in [0.25, 0.3) is 11.1 Å². The van der Waals surface area contributed by atoms with Gasteiger partial charge in [0.1, 0.15) is 0 Å². The van der Waals surface area contributed by atoms with Crippen LogP contribution in [0.4, 0.5) is 0 Å². The highest BCUT2D eigenvalue weighted by Crippen LogP contribution is 2.47. The first-order valence-electron chi connectivity index (χ1n) is 5.97. The van der Waals surface area contributed by atoms with Gasteiger partial charge in [0.15, 0.2) is 11.4 Å². The number of nitrogens with one attached hydrogen (secondary N) is 2. The minimum atomic E-state index is -0.494. The van der Waals surface area contributed by atoms with Crippen LogP contribution >= 0.6 is 0 Å². The van der Waals surface area contributed by atoms with Crippen LogP contribution in [0.3, 0.4) is 0 Å². The SMILES string of the molecule is CNCC1(C(=O)c2ccc3oc(=O)[nH]c3c2)CC1. The van der Waals surface area contributed by atoms with Gasteiger partial charge in [0, 0.05) is 17.5 Å². The molecular formula is C13H14N2O3. The van der Waals surface area contributed by atoms with Crippen LogP contribution in [0.5, 0.6) is 0 Å². The van der Waals surface area contributed by atoms with Crippen molar-refractivity contribution in [3.63, 3.8) is 0 Å². The Labute approximate surface area is 103 Å². The zero-order valence-corrected chi connectivity index (χ0v) is 10.1. The number of hydrogen-bond acceptors (Lipinski definition) is 4. The third-order valence-corrected chi connectivity index (χ3v) is 3.53. The van der Waals surface area contributed by atoms with E-state index >= 15 is 0 Å². The van der Waals surface area contributed by atoms with Crippen molar-refractivity contribution < 1.29 is 9.21 Å². The minimum absolute atomic E-state index is 0.140. The minimum Gasteiger partial charge on any atom is -0.408 e. The lowest BCUT2D eigenvalue weighted by Gasteiger charge is -2.12. The first kappa shape index (κ1) is 11.2. The van der Waals surface area contributed by atoms with E-state index in [2.05, 4.69) is 10.3 Å². The van der Waals surface area contributed by atoms with Crippen LogP contribution in [-0.4, -0.2) is 24.4 Å². The third kappa shape index (κ3) is 1.67. The smallest absolute Gasteiger partial charge is 0.408 e. The van der Waals surface area contributed by atoms with E-state index in [4.69, 9.17) is 4.42 Å². The molecule has 18 heavy (non-hydrogen) atoms. The molecule has 0 saturated heterocycles. The number of aromatic amines is 1. The number of rotatable bonds is 4. The zero-order chi connectivity index (χ0) is 12.8. The molecule has 0 amide bonds. The van der Waals surface area contributed by atoms with E-state index in [1.807, 2.05) is 7.05 Å². The average molecular weight is 246 g/mol. The Bertz CT molecular complexity index is 664. The predicted molar refractivity (Wildman–Crippen MR) is 66.8 cm³/mol. The molecule has 5 heteroatoms. The van der Waals surface area contributed by atoms with Gasteiger partial charge in [-0.25, -0.2) is 4.79 Å². The highest BCUT2D eigenvalue weighted by atomic mass is 16.4. The van der Waals surface area contributed by atoms with Crippen LogP contribution in [0, 0.1) is 5.41 Å². The summed E-state index contributed by atoms with van der Waals surface area (Å²) in [4.78, 5) is 26.0. The number of hydrogen-bond donors (Lipinski definition) is 2.